The predicted octanol–water partition coefficient (Wildman–Crippen LogP) is 2.60. The van der Waals surface area contributed by atoms with E-state index in [1.54, 1.807) is 6.92 Å². The molecule has 0 spiro atoms. The Labute approximate surface area is 135 Å². The van der Waals surface area contributed by atoms with Gasteiger partial charge in [-0.15, -0.1) is 0 Å². The van der Waals surface area contributed by atoms with Crippen molar-refractivity contribution in [2.75, 3.05) is 6.54 Å². The molecule has 1 aromatic rings. The third kappa shape index (κ3) is 3.16. The van der Waals surface area contributed by atoms with Crippen molar-refractivity contribution in [3.05, 3.63) is 28.2 Å². The number of sulfonamides is 1. The average Bonchev–Trinajstić information content (AvgIpc) is 2.42. The zero-order chi connectivity index (χ0) is 16.7. The Hall–Kier alpha value is -1.06. The zero-order valence-electron chi connectivity index (χ0n) is 11.6. The lowest BCUT2D eigenvalue weighted by Crippen LogP contribution is -2.47. The molecule has 0 aliphatic carbocycles. The Morgan fingerprint density at radius 1 is 1.32 bits per heavy atom. The van der Waals surface area contributed by atoms with Crippen LogP contribution in [0.15, 0.2) is 21.5 Å². The molecule has 2 unspecified atom stereocenters. The summed E-state index contributed by atoms with van der Waals surface area (Å²) < 4.78 is 53.1. The van der Waals surface area contributed by atoms with Crippen LogP contribution in [0.1, 0.15) is 19.8 Å². The van der Waals surface area contributed by atoms with Crippen molar-refractivity contribution < 1.29 is 27.1 Å². The highest BCUT2D eigenvalue weighted by Crippen LogP contribution is 2.31. The number of hydrogen-bond donors (Lipinski definition) is 1. The van der Waals surface area contributed by atoms with Crippen LogP contribution in [0.25, 0.3) is 0 Å². The quantitative estimate of drug-likeness (QED) is 0.795. The van der Waals surface area contributed by atoms with Gasteiger partial charge in [0.25, 0.3) is 0 Å². The third-order valence-electron chi connectivity index (χ3n) is 3.74. The highest BCUT2D eigenvalue weighted by atomic mass is 79.9. The monoisotopic (exact) mass is 397 g/mol. The van der Waals surface area contributed by atoms with E-state index in [-0.39, 0.29) is 11.0 Å². The summed E-state index contributed by atoms with van der Waals surface area (Å²) in [4.78, 5) is 10.4. The van der Waals surface area contributed by atoms with Crippen molar-refractivity contribution in [1.82, 2.24) is 4.31 Å². The number of carbonyl (C=O) groups is 1. The number of halogens is 3. The van der Waals surface area contributed by atoms with Gasteiger partial charge in [-0.1, -0.05) is 0 Å². The van der Waals surface area contributed by atoms with Crippen LogP contribution in [0.5, 0.6) is 0 Å². The standard InChI is InChI=1S/C13H14BrF2NO4S/c1-7-2-3-8(13(18)19)6-17(7)22(20,21)12-4-9(14)10(15)5-11(12)16/h4-5,7-8H,2-3,6H2,1H3,(H,18,19). The number of rotatable bonds is 3. The minimum absolute atomic E-state index is 0.174. The number of benzene rings is 1. The van der Waals surface area contributed by atoms with Crippen molar-refractivity contribution in [2.45, 2.75) is 30.7 Å². The number of hydrogen-bond acceptors (Lipinski definition) is 3. The van der Waals surface area contributed by atoms with Gasteiger partial charge in [0.1, 0.15) is 16.5 Å². The van der Waals surface area contributed by atoms with Gasteiger partial charge in [-0.3, -0.25) is 4.79 Å². The van der Waals surface area contributed by atoms with Gasteiger partial charge in [-0.05, 0) is 41.8 Å². The minimum atomic E-state index is -4.25. The summed E-state index contributed by atoms with van der Waals surface area (Å²) >= 11 is 2.83. The Morgan fingerprint density at radius 3 is 2.55 bits per heavy atom. The summed E-state index contributed by atoms with van der Waals surface area (Å²) in [7, 11) is -4.25. The second-order valence-corrected chi connectivity index (χ2v) is 7.95. The summed E-state index contributed by atoms with van der Waals surface area (Å²) in [6.45, 7) is 1.40. The summed E-state index contributed by atoms with van der Waals surface area (Å²) in [5, 5.41) is 9.06. The van der Waals surface area contributed by atoms with Crippen LogP contribution in [-0.4, -0.2) is 36.4 Å². The molecular weight excluding hydrogens is 384 g/mol. The largest absolute Gasteiger partial charge is 0.481 e. The first-order chi connectivity index (χ1) is 10.1. The van der Waals surface area contributed by atoms with E-state index in [1.165, 1.54) is 0 Å². The van der Waals surface area contributed by atoms with Crippen LogP contribution in [0.3, 0.4) is 0 Å². The summed E-state index contributed by atoms with van der Waals surface area (Å²) in [6, 6.07) is 0.890. The molecular formula is C13H14BrF2NO4S. The van der Waals surface area contributed by atoms with Gasteiger partial charge in [0.15, 0.2) is 0 Å². The number of carboxylic acid groups (broad SMARTS) is 1. The molecule has 0 saturated carbocycles. The molecule has 1 heterocycles. The van der Waals surface area contributed by atoms with Gasteiger partial charge in [-0.25, -0.2) is 17.2 Å². The maximum atomic E-state index is 13.9. The number of aliphatic carboxylic acids is 1. The van der Waals surface area contributed by atoms with Crippen LogP contribution in [0.4, 0.5) is 8.78 Å². The Bertz CT molecular complexity index is 710. The van der Waals surface area contributed by atoms with Gasteiger partial charge in [0, 0.05) is 18.7 Å². The fraction of sp³-hybridized carbons (Fsp3) is 0.462. The predicted molar refractivity (Wildman–Crippen MR) is 77.8 cm³/mol. The number of carboxylic acids is 1. The number of piperidine rings is 1. The lowest BCUT2D eigenvalue weighted by atomic mass is 9.96. The van der Waals surface area contributed by atoms with E-state index in [1.807, 2.05) is 0 Å². The smallest absolute Gasteiger partial charge is 0.307 e. The zero-order valence-corrected chi connectivity index (χ0v) is 14.0. The molecule has 1 fully saturated rings. The average molecular weight is 398 g/mol. The van der Waals surface area contributed by atoms with E-state index < -0.39 is 44.5 Å². The molecule has 122 valence electrons. The molecule has 0 aromatic heterocycles. The van der Waals surface area contributed by atoms with Crippen LogP contribution < -0.4 is 0 Å². The fourth-order valence-electron chi connectivity index (χ4n) is 2.44. The molecule has 0 bridgehead atoms. The Kier molecular flexibility index (Phi) is 4.88. The SMILES string of the molecule is CC1CCC(C(=O)O)CN1S(=O)(=O)c1cc(Br)c(F)cc1F. The van der Waals surface area contributed by atoms with Crippen molar-refractivity contribution in [1.29, 1.82) is 0 Å². The molecule has 9 heteroatoms. The molecule has 1 N–H and O–H groups in total. The summed E-state index contributed by atoms with van der Waals surface area (Å²) in [5.74, 6) is -4.04. The molecule has 1 aromatic carbocycles. The van der Waals surface area contributed by atoms with Crippen LogP contribution in [0.2, 0.25) is 0 Å². The first-order valence-corrected chi connectivity index (χ1v) is 8.77. The van der Waals surface area contributed by atoms with E-state index in [9.17, 15) is 22.0 Å². The highest BCUT2D eigenvalue weighted by Gasteiger charge is 2.38. The Morgan fingerprint density at radius 2 is 1.95 bits per heavy atom. The molecule has 5 nitrogen and oxygen atoms in total. The van der Waals surface area contributed by atoms with E-state index in [0.29, 0.717) is 18.9 Å². The second kappa shape index (κ2) is 6.21. The van der Waals surface area contributed by atoms with Crippen molar-refractivity contribution in [2.24, 2.45) is 5.92 Å². The lowest BCUT2D eigenvalue weighted by Gasteiger charge is -2.35. The first-order valence-electron chi connectivity index (χ1n) is 6.53. The molecule has 22 heavy (non-hydrogen) atoms. The molecule has 0 amide bonds. The van der Waals surface area contributed by atoms with Gasteiger partial charge >= 0.3 is 5.97 Å². The van der Waals surface area contributed by atoms with Crippen LogP contribution in [0, 0.1) is 17.6 Å². The van der Waals surface area contributed by atoms with Gasteiger partial charge in [0.2, 0.25) is 10.0 Å². The van der Waals surface area contributed by atoms with Crippen LogP contribution in [-0.2, 0) is 14.8 Å². The van der Waals surface area contributed by atoms with E-state index >= 15 is 0 Å². The third-order valence-corrected chi connectivity index (χ3v) is 6.34. The molecule has 0 radical (unpaired) electrons. The molecule has 2 rings (SSSR count). The van der Waals surface area contributed by atoms with E-state index in [0.717, 1.165) is 10.4 Å². The number of nitrogens with zero attached hydrogens (tertiary/aromatic N) is 1. The second-order valence-electron chi connectivity index (χ2n) is 5.23. The normalized spacial score (nSPS) is 23.5. The minimum Gasteiger partial charge on any atom is -0.481 e. The molecule has 1 aliphatic heterocycles. The van der Waals surface area contributed by atoms with Gasteiger partial charge in [0.05, 0.1) is 10.4 Å². The molecule has 2 atom stereocenters. The van der Waals surface area contributed by atoms with E-state index in [2.05, 4.69) is 15.9 Å². The van der Waals surface area contributed by atoms with Crippen LogP contribution >= 0.6 is 15.9 Å². The van der Waals surface area contributed by atoms with Crippen molar-refractivity contribution >= 4 is 31.9 Å². The summed E-state index contributed by atoms with van der Waals surface area (Å²) in [5.41, 5.74) is 0. The van der Waals surface area contributed by atoms with Crippen molar-refractivity contribution in [3.63, 3.8) is 0 Å². The van der Waals surface area contributed by atoms with Gasteiger partial charge < -0.3 is 5.11 Å². The van der Waals surface area contributed by atoms with Gasteiger partial charge in [-0.2, -0.15) is 4.31 Å². The summed E-state index contributed by atoms with van der Waals surface area (Å²) in [6.07, 6.45) is 0.721. The highest BCUT2D eigenvalue weighted by molar-refractivity contribution is 9.10. The lowest BCUT2D eigenvalue weighted by molar-refractivity contribution is -0.143. The maximum Gasteiger partial charge on any atom is 0.307 e. The topological polar surface area (TPSA) is 74.7 Å². The van der Waals surface area contributed by atoms with E-state index in [4.69, 9.17) is 5.11 Å². The molecule has 1 saturated heterocycles. The maximum absolute atomic E-state index is 13.9. The molecule has 1 aliphatic rings. The fourth-order valence-corrected chi connectivity index (χ4v) is 4.71. The van der Waals surface area contributed by atoms with Crippen molar-refractivity contribution in [3.8, 4) is 0 Å². The first kappa shape index (κ1) is 17.3. The Balaban J connectivity index is 2.45.